The van der Waals surface area contributed by atoms with Crippen LogP contribution in [0, 0.1) is 19.9 Å². The van der Waals surface area contributed by atoms with Gasteiger partial charge in [0.05, 0.1) is 5.76 Å². The van der Waals surface area contributed by atoms with Crippen LogP contribution in [0.4, 0.5) is 0 Å². The number of aromatic nitrogens is 1. The third-order valence-corrected chi connectivity index (χ3v) is 7.76. The number of hydrogen-bond acceptors (Lipinski definition) is 4. The van der Waals surface area contributed by atoms with Gasteiger partial charge < -0.3 is 10.1 Å². The van der Waals surface area contributed by atoms with Crippen molar-refractivity contribution in [2.45, 2.75) is 53.9 Å². The van der Waals surface area contributed by atoms with Crippen LogP contribution in [0.5, 0.6) is 0 Å². The van der Waals surface area contributed by atoms with Gasteiger partial charge >= 0.3 is 0 Å². The van der Waals surface area contributed by atoms with Crippen molar-refractivity contribution in [2.75, 3.05) is 0 Å². The normalized spacial score (nSPS) is 11.4. The Morgan fingerprint density at radius 2 is 1.59 bits per heavy atom. The van der Waals surface area contributed by atoms with Crippen molar-refractivity contribution in [1.82, 2.24) is 4.98 Å². The number of pyridine rings is 1. The van der Waals surface area contributed by atoms with Gasteiger partial charge in [-0.1, -0.05) is 69.3 Å². The maximum absolute atomic E-state index is 10.0. The molecule has 5 aromatic rings. The number of benzene rings is 3. The molecule has 0 aliphatic heterocycles. The van der Waals surface area contributed by atoms with Crippen molar-refractivity contribution < 1.29 is 30.0 Å². The molecule has 0 bridgehead atoms. The summed E-state index contributed by atoms with van der Waals surface area (Å²) in [5.74, 6) is -0.0625. The monoisotopic (exact) mass is 739 g/mol. The average molecular weight is 739 g/mol. The number of carbonyl (C=O) groups excluding carboxylic acids is 1. The minimum atomic E-state index is -0.125. The largest absolute Gasteiger partial charge is 0.512 e. The van der Waals surface area contributed by atoms with Crippen molar-refractivity contribution in [2.24, 2.45) is 0 Å². The van der Waals surface area contributed by atoms with E-state index in [0.717, 1.165) is 11.3 Å². The molecule has 0 unspecified atom stereocenters. The van der Waals surface area contributed by atoms with Crippen LogP contribution in [0.15, 0.2) is 90.8 Å². The first kappa shape index (κ1) is 32.1. The smallest absolute Gasteiger partial charge is 0.155 e. The third kappa shape index (κ3) is 8.10. The number of rotatable bonds is 4. The Balaban J connectivity index is 0.000000516. The molecule has 3 nitrogen and oxygen atoms in total. The maximum atomic E-state index is 10.0. The zero-order valence-electron chi connectivity index (χ0n) is 24.6. The summed E-state index contributed by atoms with van der Waals surface area (Å²) < 4.78 is 1.26. The molecule has 0 fully saturated rings. The molecule has 0 atom stereocenters. The fourth-order valence-electron chi connectivity index (χ4n) is 4.71. The number of fused-ring (bicyclic) bond motifs is 1. The average Bonchev–Trinajstić information content (AvgIpc) is 3.30. The van der Waals surface area contributed by atoms with Crippen LogP contribution in [-0.4, -0.2) is 15.9 Å². The number of aliphatic hydroxyl groups excluding tert-OH is 1. The predicted octanol–water partition coefficient (Wildman–Crippen LogP) is 10.0. The zero-order valence-corrected chi connectivity index (χ0v) is 27.8. The Morgan fingerprint density at radius 1 is 0.927 bits per heavy atom. The number of aryl methyl sites for hydroxylation is 2. The summed E-state index contributed by atoms with van der Waals surface area (Å²) >= 11 is 1.85. The van der Waals surface area contributed by atoms with Gasteiger partial charge in [0.25, 0.3) is 0 Å². The molecule has 1 radical (unpaired) electrons. The van der Waals surface area contributed by atoms with Crippen molar-refractivity contribution in [3.05, 3.63) is 114 Å². The second-order valence-electron chi connectivity index (χ2n) is 11.2. The summed E-state index contributed by atoms with van der Waals surface area (Å²) in [7, 11) is 0. The van der Waals surface area contributed by atoms with E-state index < -0.39 is 0 Å². The van der Waals surface area contributed by atoms with Crippen LogP contribution in [0.3, 0.4) is 0 Å². The Hall–Kier alpha value is -3.37. The summed E-state index contributed by atoms with van der Waals surface area (Å²) in [6, 6.07) is 29.3. The zero-order chi connectivity index (χ0) is 29.0. The number of nitrogens with zero attached hydrogens (tertiary/aromatic N) is 1. The van der Waals surface area contributed by atoms with Crippen molar-refractivity contribution in [3.63, 3.8) is 0 Å². The van der Waals surface area contributed by atoms with Crippen LogP contribution >= 0.6 is 11.3 Å². The summed E-state index contributed by atoms with van der Waals surface area (Å²) in [6.07, 6.45) is 3.17. The number of thiophene rings is 1. The molecular formula is C36H36IrNO2S-. The maximum Gasteiger partial charge on any atom is 0.155 e. The van der Waals surface area contributed by atoms with Gasteiger partial charge in [0.2, 0.25) is 0 Å². The van der Waals surface area contributed by atoms with E-state index in [1.54, 1.807) is 0 Å². The van der Waals surface area contributed by atoms with Gasteiger partial charge in [-0.3, -0.25) is 4.79 Å². The summed E-state index contributed by atoms with van der Waals surface area (Å²) in [5.41, 5.74) is 9.94. The number of allylic oxidation sites excluding steroid dienone is 2. The van der Waals surface area contributed by atoms with E-state index in [-0.39, 0.29) is 37.1 Å². The van der Waals surface area contributed by atoms with Gasteiger partial charge in [0.1, 0.15) is 0 Å². The molecule has 2 aromatic heterocycles. The first-order chi connectivity index (χ1) is 18.9. The van der Waals surface area contributed by atoms with E-state index in [2.05, 4.69) is 101 Å². The van der Waals surface area contributed by atoms with Gasteiger partial charge in [-0.05, 0) is 72.7 Å². The van der Waals surface area contributed by atoms with Gasteiger partial charge in [-0.15, -0.1) is 46.7 Å². The fraction of sp³-hybridized carbons (Fsp3) is 0.222. The van der Waals surface area contributed by atoms with Crippen LogP contribution in [0.2, 0.25) is 0 Å². The van der Waals surface area contributed by atoms with Gasteiger partial charge in [-0.2, -0.15) is 0 Å². The molecule has 41 heavy (non-hydrogen) atoms. The van der Waals surface area contributed by atoms with E-state index in [0.29, 0.717) is 0 Å². The molecule has 213 valence electrons. The number of aliphatic hydroxyl groups is 1. The summed E-state index contributed by atoms with van der Waals surface area (Å²) in [4.78, 5) is 16.1. The van der Waals surface area contributed by atoms with Crippen molar-refractivity contribution in [1.29, 1.82) is 0 Å². The molecule has 5 heteroatoms. The minimum Gasteiger partial charge on any atom is -0.512 e. The first-order valence-electron chi connectivity index (χ1n) is 13.4. The van der Waals surface area contributed by atoms with E-state index in [4.69, 9.17) is 10.1 Å². The number of hydrogen-bond donors (Lipinski definition) is 1. The standard InChI is InChI=1S/C31H28NS.C5H8O2.Ir/c1-20-14-26(31(3,4)5)15-21(2)30(20)29-17-25-19-32-27(18-28(25)33-29)24-13-9-12-23(16-24)22-10-7-6-8-11-22;1-4(6)3-5(2)7;/h6-12,14-19H,1-5H3;3,6H,1-2H3;/q-1;;/b;4-3-;. The molecule has 0 saturated carbocycles. The molecule has 5 rings (SSSR count). The molecular weight excluding hydrogens is 703 g/mol. The Morgan fingerprint density at radius 3 is 2.15 bits per heavy atom. The van der Waals surface area contributed by atoms with E-state index in [1.165, 1.54) is 68.3 Å². The topological polar surface area (TPSA) is 50.2 Å². The van der Waals surface area contributed by atoms with Crippen LogP contribution in [-0.2, 0) is 30.3 Å². The van der Waals surface area contributed by atoms with Crippen LogP contribution < -0.4 is 0 Å². The summed E-state index contributed by atoms with van der Waals surface area (Å²) in [6.45, 7) is 14.1. The fourth-order valence-corrected chi connectivity index (χ4v) is 5.95. The van der Waals surface area contributed by atoms with E-state index in [9.17, 15) is 4.79 Å². The molecule has 3 aromatic carbocycles. The van der Waals surface area contributed by atoms with Crippen LogP contribution in [0.25, 0.3) is 42.9 Å². The Bertz CT molecular complexity index is 1670. The summed E-state index contributed by atoms with van der Waals surface area (Å²) in [5, 5.41) is 9.55. The molecule has 2 heterocycles. The van der Waals surface area contributed by atoms with Gasteiger partial charge in [0.15, 0.2) is 5.78 Å². The second-order valence-corrected chi connectivity index (χ2v) is 12.3. The third-order valence-electron chi connectivity index (χ3n) is 6.64. The molecule has 0 spiro atoms. The van der Waals surface area contributed by atoms with Crippen molar-refractivity contribution in [3.8, 4) is 32.8 Å². The number of carbonyl (C=O) groups is 1. The second kappa shape index (κ2) is 13.5. The minimum absolute atomic E-state index is 0. The Labute approximate surface area is 261 Å². The molecule has 0 aliphatic carbocycles. The Kier molecular flexibility index (Phi) is 10.6. The molecule has 0 aliphatic rings. The predicted molar refractivity (Wildman–Crippen MR) is 170 cm³/mol. The molecule has 1 N–H and O–H groups in total. The quantitative estimate of drug-likeness (QED) is 0.114. The van der Waals surface area contributed by atoms with Crippen LogP contribution in [0.1, 0.15) is 51.3 Å². The van der Waals surface area contributed by atoms with Gasteiger partial charge in [0, 0.05) is 47.3 Å². The number of ketones is 1. The van der Waals surface area contributed by atoms with E-state index >= 15 is 0 Å². The van der Waals surface area contributed by atoms with Gasteiger partial charge in [-0.25, -0.2) is 0 Å². The SMILES string of the molecule is CC(=O)/C=C(/C)O.Cc1cc(C(C)(C)C)cc(C)c1-c1cc2cnc(-c3[c-]ccc(-c4ccccc4)c3)cc2s1.[Ir]. The first-order valence-corrected chi connectivity index (χ1v) is 14.2. The van der Waals surface area contributed by atoms with E-state index in [1.807, 2.05) is 29.7 Å². The molecule has 0 amide bonds. The van der Waals surface area contributed by atoms with Crippen molar-refractivity contribution >= 4 is 27.2 Å². The molecule has 0 saturated heterocycles.